The molecule has 0 aliphatic heterocycles. The Morgan fingerprint density at radius 3 is 2.69 bits per heavy atom. The highest BCUT2D eigenvalue weighted by Crippen LogP contribution is 2.43. The molecule has 0 heterocycles. The third-order valence-corrected chi connectivity index (χ3v) is 4.51. The SMILES string of the molecule is CC(C)CN[C@H]1CCC[C@H]2CCCC[C@@]21O. The number of fused-ring (bicyclic) bond motifs is 1. The molecule has 0 bridgehead atoms. The molecule has 94 valence electrons. The summed E-state index contributed by atoms with van der Waals surface area (Å²) in [5, 5.41) is 14.5. The topological polar surface area (TPSA) is 32.3 Å². The van der Waals surface area contributed by atoms with Gasteiger partial charge >= 0.3 is 0 Å². The first-order valence-corrected chi connectivity index (χ1v) is 7.08. The van der Waals surface area contributed by atoms with Crippen LogP contribution < -0.4 is 5.32 Å². The molecule has 0 aromatic carbocycles. The number of aliphatic hydroxyl groups is 1. The minimum atomic E-state index is -0.384. The Morgan fingerprint density at radius 2 is 1.94 bits per heavy atom. The monoisotopic (exact) mass is 225 g/mol. The van der Waals surface area contributed by atoms with Gasteiger partial charge in [0.05, 0.1) is 5.60 Å². The van der Waals surface area contributed by atoms with Gasteiger partial charge in [-0.2, -0.15) is 0 Å². The fourth-order valence-electron chi connectivity index (χ4n) is 3.58. The highest BCUT2D eigenvalue weighted by Gasteiger charge is 2.46. The van der Waals surface area contributed by atoms with Gasteiger partial charge in [0.1, 0.15) is 0 Å². The van der Waals surface area contributed by atoms with Crippen LogP contribution in [0, 0.1) is 11.8 Å². The summed E-state index contributed by atoms with van der Waals surface area (Å²) in [6.07, 6.45) is 8.51. The zero-order chi connectivity index (χ0) is 11.6. The maximum absolute atomic E-state index is 10.9. The van der Waals surface area contributed by atoms with E-state index >= 15 is 0 Å². The molecule has 2 saturated carbocycles. The molecule has 2 rings (SSSR count). The van der Waals surface area contributed by atoms with Crippen LogP contribution in [-0.4, -0.2) is 23.3 Å². The zero-order valence-corrected chi connectivity index (χ0v) is 10.8. The van der Waals surface area contributed by atoms with E-state index in [1.165, 1.54) is 38.5 Å². The molecule has 2 aliphatic carbocycles. The van der Waals surface area contributed by atoms with E-state index < -0.39 is 0 Å². The summed E-state index contributed by atoms with van der Waals surface area (Å²) in [4.78, 5) is 0. The first kappa shape index (κ1) is 12.4. The highest BCUT2D eigenvalue weighted by atomic mass is 16.3. The van der Waals surface area contributed by atoms with E-state index in [2.05, 4.69) is 19.2 Å². The molecule has 0 unspecified atom stereocenters. The molecule has 0 radical (unpaired) electrons. The second-order valence-electron chi connectivity index (χ2n) is 6.22. The molecule has 16 heavy (non-hydrogen) atoms. The van der Waals surface area contributed by atoms with Gasteiger partial charge < -0.3 is 10.4 Å². The van der Waals surface area contributed by atoms with Gasteiger partial charge in [-0.1, -0.05) is 33.1 Å². The molecule has 0 saturated heterocycles. The van der Waals surface area contributed by atoms with Crippen molar-refractivity contribution in [2.75, 3.05) is 6.54 Å². The summed E-state index contributed by atoms with van der Waals surface area (Å²) in [6.45, 7) is 5.51. The Kier molecular flexibility index (Phi) is 3.91. The second kappa shape index (κ2) is 5.05. The maximum Gasteiger partial charge on any atom is 0.0827 e. The van der Waals surface area contributed by atoms with Gasteiger partial charge in [0.2, 0.25) is 0 Å². The van der Waals surface area contributed by atoms with Crippen LogP contribution in [-0.2, 0) is 0 Å². The molecule has 0 amide bonds. The van der Waals surface area contributed by atoms with Gasteiger partial charge in [-0.15, -0.1) is 0 Å². The summed E-state index contributed by atoms with van der Waals surface area (Å²) < 4.78 is 0. The van der Waals surface area contributed by atoms with Crippen LogP contribution >= 0.6 is 0 Å². The highest BCUT2D eigenvalue weighted by molar-refractivity contribution is 5.01. The minimum Gasteiger partial charge on any atom is -0.388 e. The average Bonchev–Trinajstić information content (AvgIpc) is 2.25. The molecular weight excluding hydrogens is 198 g/mol. The first-order valence-electron chi connectivity index (χ1n) is 7.08. The number of hydrogen-bond acceptors (Lipinski definition) is 2. The van der Waals surface area contributed by atoms with Crippen molar-refractivity contribution in [3.05, 3.63) is 0 Å². The van der Waals surface area contributed by atoms with E-state index in [-0.39, 0.29) is 5.60 Å². The predicted octanol–water partition coefficient (Wildman–Crippen LogP) is 2.71. The Hall–Kier alpha value is -0.0800. The Labute approximate surface area is 99.8 Å². The van der Waals surface area contributed by atoms with Gasteiger partial charge in [-0.3, -0.25) is 0 Å². The van der Waals surface area contributed by atoms with E-state index in [9.17, 15) is 5.11 Å². The number of nitrogens with one attached hydrogen (secondary N) is 1. The molecular formula is C14H27NO. The normalized spacial score (nSPS) is 39.8. The van der Waals surface area contributed by atoms with Crippen molar-refractivity contribution >= 4 is 0 Å². The van der Waals surface area contributed by atoms with Crippen molar-refractivity contribution in [1.82, 2.24) is 5.32 Å². The Balaban J connectivity index is 1.99. The van der Waals surface area contributed by atoms with Crippen LogP contribution in [0.1, 0.15) is 58.8 Å². The van der Waals surface area contributed by atoms with Gasteiger partial charge in [0, 0.05) is 6.04 Å². The summed E-state index contributed by atoms with van der Waals surface area (Å²) in [5.74, 6) is 1.24. The quantitative estimate of drug-likeness (QED) is 0.774. The summed E-state index contributed by atoms with van der Waals surface area (Å²) >= 11 is 0. The molecule has 0 aromatic rings. The molecule has 2 aliphatic rings. The lowest BCUT2D eigenvalue weighted by Crippen LogP contribution is -2.59. The smallest absolute Gasteiger partial charge is 0.0827 e. The number of rotatable bonds is 3. The van der Waals surface area contributed by atoms with Crippen molar-refractivity contribution < 1.29 is 5.11 Å². The molecule has 2 fully saturated rings. The van der Waals surface area contributed by atoms with Crippen molar-refractivity contribution in [1.29, 1.82) is 0 Å². The minimum absolute atomic E-state index is 0.356. The molecule has 3 atom stereocenters. The first-order chi connectivity index (χ1) is 7.63. The standard InChI is InChI=1S/C14H27NO/c1-11(2)10-15-13-8-5-7-12-6-3-4-9-14(12,13)16/h11-13,15-16H,3-10H2,1-2H3/t12-,13+,14-/m1/s1. The van der Waals surface area contributed by atoms with Crippen molar-refractivity contribution in [2.45, 2.75) is 70.4 Å². The lowest BCUT2D eigenvalue weighted by molar-refractivity contribution is -0.0989. The fourth-order valence-corrected chi connectivity index (χ4v) is 3.58. The van der Waals surface area contributed by atoms with Crippen molar-refractivity contribution in [3.63, 3.8) is 0 Å². The predicted molar refractivity (Wildman–Crippen MR) is 67.4 cm³/mol. The van der Waals surface area contributed by atoms with Crippen LogP contribution in [0.2, 0.25) is 0 Å². The molecule has 0 spiro atoms. The molecule has 0 aromatic heterocycles. The zero-order valence-electron chi connectivity index (χ0n) is 10.8. The molecule has 2 heteroatoms. The average molecular weight is 225 g/mol. The third kappa shape index (κ3) is 2.43. The van der Waals surface area contributed by atoms with Crippen LogP contribution in [0.3, 0.4) is 0 Å². The van der Waals surface area contributed by atoms with Crippen LogP contribution in [0.5, 0.6) is 0 Å². The van der Waals surface area contributed by atoms with Crippen LogP contribution in [0.15, 0.2) is 0 Å². The van der Waals surface area contributed by atoms with Gasteiger partial charge in [-0.25, -0.2) is 0 Å². The largest absolute Gasteiger partial charge is 0.388 e. The van der Waals surface area contributed by atoms with E-state index in [0.29, 0.717) is 17.9 Å². The Morgan fingerprint density at radius 1 is 1.19 bits per heavy atom. The maximum atomic E-state index is 10.9. The van der Waals surface area contributed by atoms with E-state index in [1.807, 2.05) is 0 Å². The Bertz CT molecular complexity index is 227. The summed E-state index contributed by atoms with van der Waals surface area (Å²) in [5.41, 5.74) is -0.384. The second-order valence-corrected chi connectivity index (χ2v) is 6.22. The summed E-state index contributed by atoms with van der Waals surface area (Å²) in [7, 11) is 0. The lowest BCUT2D eigenvalue weighted by atomic mass is 9.65. The lowest BCUT2D eigenvalue weighted by Gasteiger charge is -2.49. The van der Waals surface area contributed by atoms with Crippen LogP contribution in [0.25, 0.3) is 0 Å². The third-order valence-electron chi connectivity index (χ3n) is 4.51. The number of hydrogen-bond donors (Lipinski definition) is 2. The van der Waals surface area contributed by atoms with Crippen molar-refractivity contribution in [2.24, 2.45) is 11.8 Å². The van der Waals surface area contributed by atoms with E-state index in [0.717, 1.165) is 13.0 Å². The van der Waals surface area contributed by atoms with E-state index in [1.54, 1.807) is 0 Å². The van der Waals surface area contributed by atoms with Gasteiger partial charge in [-0.05, 0) is 44.1 Å². The van der Waals surface area contributed by atoms with Gasteiger partial charge in [0.25, 0.3) is 0 Å². The summed E-state index contributed by atoms with van der Waals surface area (Å²) in [6, 6.07) is 0.356. The van der Waals surface area contributed by atoms with Crippen LogP contribution in [0.4, 0.5) is 0 Å². The van der Waals surface area contributed by atoms with E-state index in [4.69, 9.17) is 0 Å². The molecule has 2 nitrogen and oxygen atoms in total. The fraction of sp³-hybridized carbons (Fsp3) is 1.00. The van der Waals surface area contributed by atoms with Crippen molar-refractivity contribution in [3.8, 4) is 0 Å². The molecule has 2 N–H and O–H groups in total. The van der Waals surface area contributed by atoms with Gasteiger partial charge in [0.15, 0.2) is 0 Å².